The zero-order valence-corrected chi connectivity index (χ0v) is 16.6. The Morgan fingerprint density at radius 3 is 2.90 bits per heavy atom. The predicted molar refractivity (Wildman–Crippen MR) is 104 cm³/mol. The van der Waals surface area contributed by atoms with E-state index >= 15 is 0 Å². The number of rotatable bonds is 3. The number of anilines is 1. The van der Waals surface area contributed by atoms with E-state index in [-0.39, 0.29) is 24.8 Å². The van der Waals surface area contributed by atoms with Crippen molar-refractivity contribution in [3.05, 3.63) is 18.3 Å². The third-order valence-electron chi connectivity index (χ3n) is 6.27. The maximum atomic E-state index is 13.3. The summed E-state index contributed by atoms with van der Waals surface area (Å²) in [5.74, 6) is -1.62. The van der Waals surface area contributed by atoms with Crippen molar-refractivity contribution in [2.45, 2.75) is 44.4 Å². The van der Waals surface area contributed by atoms with Crippen LogP contribution in [0.25, 0.3) is 0 Å². The van der Waals surface area contributed by atoms with Gasteiger partial charge in [0.25, 0.3) is 0 Å². The molecular formula is C20H26F3N5O2. The number of carbonyl (C=O) groups is 1. The molecule has 2 saturated heterocycles. The Balaban J connectivity index is 1.55. The molecular weight excluding hydrogens is 399 g/mol. The van der Waals surface area contributed by atoms with Crippen LogP contribution in [0.4, 0.5) is 19.0 Å². The number of amides is 1. The van der Waals surface area contributed by atoms with Crippen LogP contribution in [-0.4, -0.2) is 65.4 Å². The van der Waals surface area contributed by atoms with Crippen LogP contribution in [0.1, 0.15) is 32.1 Å². The van der Waals surface area contributed by atoms with E-state index < -0.39 is 24.2 Å². The first-order valence-corrected chi connectivity index (χ1v) is 10.5. The van der Waals surface area contributed by atoms with Crippen molar-refractivity contribution in [1.29, 1.82) is 0 Å². The van der Waals surface area contributed by atoms with Crippen molar-refractivity contribution in [2.75, 3.05) is 31.6 Å². The summed E-state index contributed by atoms with van der Waals surface area (Å²) in [6.07, 6.45) is -0.802. The highest BCUT2D eigenvalue weighted by Gasteiger charge is 2.45. The van der Waals surface area contributed by atoms with Gasteiger partial charge in [-0.1, -0.05) is 0 Å². The minimum Gasteiger partial charge on any atom is -0.381 e. The van der Waals surface area contributed by atoms with Gasteiger partial charge in [0.1, 0.15) is 6.17 Å². The molecule has 30 heavy (non-hydrogen) atoms. The summed E-state index contributed by atoms with van der Waals surface area (Å²) in [5, 5.41) is 10.5. The van der Waals surface area contributed by atoms with Gasteiger partial charge in [-0.2, -0.15) is 18.3 Å². The lowest BCUT2D eigenvalue weighted by atomic mass is 9.78. The number of aliphatic imine (C=N–C) groups is 1. The van der Waals surface area contributed by atoms with Crippen LogP contribution in [0.15, 0.2) is 23.3 Å². The molecule has 0 aromatic carbocycles. The molecule has 3 aliphatic heterocycles. The lowest BCUT2D eigenvalue weighted by Gasteiger charge is -2.42. The first kappa shape index (κ1) is 21.2. The molecule has 10 heteroatoms. The molecule has 0 radical (unpaired) electrons. The van der Waals surface area contributed by atoms with Gasteiger partial charge >= 0.3 is 6.18 Å². The van der Waals surface area contributed by atoms with Gasteiger partial charge in [0, 0.05) is 49.9 Å². The Morgan fingerprint density at radius 1 is 1.27 bits per heavy atom. The average Bonchev–Trinajstić information content (AvgIpc) is 2.98. The summed E-state index contributed by atoms with van der Waals surface area (Å²) in [5.41, 5.74) is 0.886. The monoisotopic (exact) mass is 425 g/mol. The van der Waals surface area contributed by atoms with Crippen LogP contribution in [0.2, 0.25) is 0 Å². The number of likely N-dealkylation sites (tertiary alicyclic amines) is 1. The molecule has 1 aromatic rings. The minimum absolute atomic E-state index is 0.0649. The first-order chi connectivity index (χ1) is 14.4. The Bertz CT molecular complexity index is 773. The lowest BCUT2D eigenvalue weighted by molar-refractivity contribution is -0.189. The number of fused-ring (bicyclic) bond motifs is 1. The van der Waals surface area contributed by atoms with Crippen molar-refractivity contribution >= 4 is 17.4 Å². The molecule has 164 valence electrons. The third-order valence-corrected chi connectivity index (χ3v) is 6.27. The average molecular weight is 425 g/mol. The zero-order chi connectivity index (χ0) is 21.1. The number of halogens is 3. The van der Waals surface area contributed by atoms with Gasteiger partial charge in [-0.05, 0) is 37.8 Å². The highest BCUT2D eigenvalue weighted by atomic mass is 19.4. The highest BCUT2D eigenvalue weighted by Crippen LogP contribution is 2.38. The molecule has 0 aliphatic carbocycles. The standard InChI is InChI=1S/C20H26F3N5O2/c21-20(22,23)13-3-2-8-28(12-13)18-11-15(14-5-9-30-10-6-16(14)25-18)19(29)26-17-4-1-7-24-27-17/h1,4,7,13-15,18H,2-3,5-6,8-12H2,(H,26,27,29)/t13-,14?,15?,18?/m0/s1. The molecule has 0 spiro atoms. The van der Waals surface area contributed by atoms with Gasteiger partial charge in [-0.15, -0.1) is 5.10 Å². The van der Waals surface area contributed by atoms with Crippen LogP contribution in [0, 0.1) is 17.8 Å². The molecule has 0 saturated carbocycles. The van der Waals surface area contributed by atoms with E-state index in [1.54, 1.807) is 17.0 Å². The zero-order valence-electron chi connectivity index (χ0n) is 16.6. The topological polar surface area (TPSA) is 79.7 Å². The summed E-state index contributed by atoms with van der Waals surface area (Å²) in [7, 11) is 0. The molecule has 4 heterocycles. The first-order valence-electron chi connectivity index (χ1n) is 10.5. The van der Waals surface area contributed by atoms with Gasteiger partial charge in [-0.3, -0.25) is 14.7 Å². The van der Waals surface area contributed by atoms with Crippen LogP contribution in [0.5, 0.6) is 0 Å². The van der Waals surface area contributed by atoms with Gasteiger partial charge in [-0.25, -0.2) is 0 Å². The summed E-state index contributed by atoms with van der Waals surface area (Å²) in [6, 6.07) is 3.35. The number of nitrogens with one attached hydrogen (secondary N) is 1. The normalized spacial score (nSPS) is 30.7. The van der Waals surface area contributed by atoms with Crippen LogP contribution < -0.4 is 5.32 Å². The van der Waals surface area contributed by atoms with Gasteiger partial charge < -0.3 is 10.1 Å². The summed E-state index contributed by atoms with van der Waals surface area (Å²) < 4.78 is 45.5. The number of aromatic nitrogens is 2. The Hall–Kier alpha value is -2.07. The quantitative estimate of drug-likeness (QED) is 0.806. The Labute approximate surface area is 173 Å². The molecule has 1 aromatic heterocycles. The summed E-state index contributed by atoms with van der Waals surface area (Å²) in [4.78, 5) is 19.7. The molecule has 2 fully saturated rings. The lowest BCUT2D eigenvalue weighted by Crippen LogP contribution is -2.50. The number of hydrogen-bond acceptors (Lipinski definition) is 6. The fourth-order valence-electron chi connectivity index (χ4n) is 4.72. The van der Waals surface area contributed by atoms with E-state index in [2.05, 4.69) is 15.5 Å². The second kappa shape index (κ2) is 8.97. The molecule has 4 atom stereocenters. The van der Waals surface area contributed by atoms with Gasteiger partial charge in [0.2, 0.25) is 5.91 Å². The number of alkyl halides is 3. The maximum absolute atomic E-state index is 13.3. The Kier molecular flexibility index (Phi) is 6.33. The van der Waals surface area contributed by atoms with E-state index in [0.29, 0.717) is 51.3 Å². The van der Waals surface area contributed by atoms with Gasteiger partial charge in [0.15, 0.2) is 5.82 Å². The van der Waals surface area contributed by atoms with Crippen molar-refractivity contribution in [2.24, 2.45) is 22.7 Å². The van der Waals surface area contributed by atoms with Gasteiger partial charge in [0.05, 0.1) is 12.5 Å². The fraction of sp³-hybridized carbons (Fsp3) is 0.700. The molecule has 1 N–H and O–H groups in total. The number of piperidine rings is 1. The number of nitrogens with zero attached hydrogens (tertiary/aromatic N) is 4. The van der Waals surface area contributed by atoms with E-state index in [4.69, 9.17) is 9.73 Å². The number of hydrogen-bond donors (Lipinski definition) is 1. The van der Waals surface area contributed by atoms with Crippen molar-refractivity contribution in [3.63, 3.8) is 0 Å². The molecule has 7 nitrogen and oxygen atoms in total. The number of ether oxygens (including phenoxy) is 1. The second-order valence-corrected chi connectivity index (χ2v) is 8.17. The highest BCUT2D eigenvalue weighted by molar-refractivity contribution is 5.98. The van der Waals surface area contributed by atoms with E-state index in [9.17, 15) is 18.0 Å². The smallest absolute Gasteiger partial charge is 0.381 e. The molecule has 3 unspecified atom stereocenters. The largest absolute Gasteiger partial charge is 0.393 e. The van der Waals surface area contributed by atoms with E-state index in [0.717, 1.165) is 5.71 Å². The fourth-order valence-corrected chi connectivity index (χ4v) is 4.72. The number of carbonyl (C=O) groups excluding carboxylic acids is 1. The van der Waals surface area contributed by atoms with Crippen LogP contribution >= 0.6 is 0 Å². The molecule has 3 aliphatic rings. The maximum Gasteiger partial charge on any atom is 0.393 e. The molecule has 0 bridgehead atoms. The third kappa shape index (κ3) is 4.80. The van der Waals surface area contributed by atoms with Crippen molar-refractivity contribution in [1.82, 2.24) is 15.1 Å². The molecule has 4 rings (SSSR count). The SMILES string of the molecule is O=C(Nc1cccnn1)C1CC(N2CCC[C@H](C(F)(F)F)C2)N=C2CCOCCC21. The van der Waals surface area contributed by atoms with Crippen LogP contribution in [0.3, 0.4) is 0 Å². The van der Waals surface area contributed by atoms with Crippen molar-refractivity contribution in [3.8, 4) is 0 Å². The van der Waals surface area contributed by atoms with E-state index in [1.807, 2.05) is 0 Å². The molecule has 1 amide bonds. The Morgan fingerprint density at radius 2 is 2.13 bits per heavy atom. The van der Waals surface area contributed by atoms with Crippen LogP contribution in [-0.2, 0) is 9.53 Å². The summed E-state index contributed by atoms with van der Waals surface area (Å²) >= 11 is 0. The van der Waals surface area contributed by atoms with Crippen molar-refractivity contribution < 1.29 is 22.7 Å². The minimum atomic E-state index is -4.21. The summed E-state index contributed by atoms with van der Waals surface area (Å²) in [6.45, 7) is 1.56. The second-order valence-electron chi connectivity index (χ2n) is 8.17. The van der Waals surface area contributed by atoms with E-state index in [1.165, 1.54) is 6.20 Å². The predicted octanol–water partition coefficient (Wildman–Crippen LogP) is 2.90.